The zero-order valence-corrected chi connectivity index (χ0v) is 14.5. The van der Waals surface area contributed by atoms with Crippen LogP contribution in [0.2, 0.25) is 0 Å². The molecule has 0 aliphatic heterocycles. The van der Waals surface area contributed by atoms with E-state index in [-0.39, 0.29) is 22.6 Å². The fourth-order valence-electron chi connectivity index (χ4n) is 2.45. The van der Waals surface area contributed by atoms with Gasteiger partial charge in [-0.25, -0.2) is 0 Å². The monoisotopic (exact) mass is 405 g/mol. The van der Waals surface area contributed by atoms with Gasteiger partial charge in [-0.2, -0.15) is 8.42 Å². The average molecular weight is 405 g/mol. The Morgan fingerprint density at radius 3 is 2.21 bits per heavy atom. The third-order valence-corrected chi connectivity index (χ3v) is 4.62. The minimum atomic E-state index is -4.82. The standard InChI is InChI=1S/C16H11N3O8S/c20-14-3-1-2-10-9(14)4-5-11(15(10)21)17-18-12-6-8(28(25,26)27)7-13(16(12)22)19(23)24/h1-7,20-22H,(H,25,26,27). The molecule has 0 aliphatic carbocycles. The first kappa shape index (κ1) is 19.0. The maximum absolute atomic E-state index is 11.3. The number of fused-ring (bicyclic) bond motifs is 1. The van der Waals surface area contributed by atoms with Gasteiger partial charge in [-0.3, -0.25) is 14.7 Å². The van der Waals surface area contributed by atoms with Gasteiger partial charge in [-0.15, -0.1) is 10.2 Å². The molecule has 0 unspecified atom stereocenters. The van der Waals surface area contributed by atoms with E-state index in [2.05, 4.69) is 10.2 Å². The van der Waals surface area contributed by atoms with Crippen molar-refractivity contribution in [1.29, 1.82) is 0 Å². The summed E-state index contributed by atoms with van der Waals surface area (Å²) in [5.74, 6) is -1.42. The molecule has 0 atom stereocenters. The molecule has 11 nitrogen and oxygen atoms in total. The van der Waals surface area contributed by atoms with Crippen LogP contribution in [0.5, 0.6) is 17.2 Å². The molecule has 12 heteroatoms. The number of hydrogen-bond donors (Lipinski definition) is 4. The Kier molecular flexibility index (Phi) is 4.58. The number of azo groups is 1. The predicted molar refractivity (Wildman–Crippen MR) is 96.0 cm³/mol. The van der Waals surface area contributed by atoms with Crippen LogP contribution in [0.25, 0.3) is 10.8 Å². The number of nitrogens with zero attached hydrogens (tertiary/aromatic N) is 3. The van der Waals surface area contributed by atoms with Crippen LogP contribution in [0.1, 0.15) is 0 Å². The van der Waals surface area contributed by atoms with E-state index in [1.54, 1.807) is 0 Å². The smallest absolute Gasteiger partial charge is 0.314 e. The lowest BCUT2D eigenvalue weighted by molar-refractivity contribution is -0.386. The molecule has 144 valence electrons. The lowest BCUT2D eigenvalue weighted by Gasteiger charge is -2.06. The molecule has 0 amide bonds. The molecule has 0 heterocycles. The topological polar surface area (TPSA) is 183 Å². The Hall–Kier alpha value is -3.77. The number of benzene rings is 3. The van der Waals surface area contributed by atoms with E-state index in [0.717, 1.165) is 0 Å². The molecule has 28 heavy (non-hydrogen) atoms. The Balaban J connectivity index is 2.15. The lowest BCUT2D eigenvalue weighted by Crippen LogP contribution is -1.99. The maximum atomic E-state index is 11.3. The van der Waals surface area contributed by atoms with Gasteiger partial charge in [0.05, 0.1) is 4.92 Å². The molecule has 4 N–H and O–H groups in total. The molecule has 3 aromatic carbocycles. The van der Waals surface area contributed by atoms with Crippen LogP contribution >= 0.6 is 0 Å². The normalized spacial score (nSPS) is 11.9. The first-order valence-corrected chi connectivity index (χ1v) is 8.88. The molecule has 0 fully saturated rings. The Morgan fingerprint density at radius 1 is 0.893 bits per heavy atom. The van der Waals surface area contributed by atoms with Crippen molar-refractivity contribution >= 4 is 38.0 Å². The molecule has 0 saturated heterocycles. The van der Waals surface area contributed by atoms with Crippen LogP contribution < -0.4 is 0 Å². The van der Waals surface area contributed by atoms with Crippen molar-refractivity contribution in [3.8, 4) is 17.2 Å². The number of nitro benzene ring substituents is 1. The molecule has 0 saturated carbocycles. The molecule has 0 aliphatic rings. The van der Waals surface area contributed by atoms with Crippen LogP contribution in [-0.2, 0) is 10.1 Å². The second kappa shape index (κ2) is 6.75. The molecule has 0 spiro atoms. The number of aromatic hydroxyl groups is 3. The number of phenolic OH excluding ortho intramolecular Hbond substituents is 3. The molecule has 0 aromatic heterocycles. The van der Waals surface area contributed by atoms with Gasteiger partial charge in [0.15, 0.2) is 5.75 Å². The summed E-state index contributed by atoms with van der Waals surface area (Å²) in [6.07, 6.45) is 0. The molecule has 3 rings (SSSR count). The predicted octanol–water partition coefficient (Wildman–Crippen LogP) is 3.53. The zero-order valence-electron chi connectivity index (χ0n) is 13.7. The number of phenols is 3. The van der Waals surface area contributed by atoms with Crippen LogP contribution in [0, 0.1) is 10.1 Å². The van der Waals surface area contributed by atoms with Gasteiger partial charge >= 0.3 is 5.69 Å². The van der Waals surface area contributed by atoms with Crippen molar-refractivity contribution in [2.45, 2.75) is 4.90 Å². The molecular formula is C16H11N3O8S. The van der Waals surface area contributed by atoms with E-state index in [9.17, 15) is 33.9 Å². The quantitative estimate of drug-likeness (QED) is 0.220. The van der Waals surface area contributed by atoms with E-state index in [1.807, 2.05) is 0 Å². The Morgan fingerprint density at radius 2 is 1.57 bits per heavy atom. The third kappa shape index (κ3) is 3.41. The summed E-state index contributed by atoms with van der Waals surface area (Å²) in [6, 6.07) is 8.30. The van der Waals surface area contributed by atoms with Gasteiger partial charge in [0.1, 0.15) is 22.0 Å². The van der Waals surface area contributed by atoms with Crippen LogP contribution in [0.3, 0.4) is 0 Å². The first-order valence-electron chi connectivity index (χ1n) is 7.44. The van der Waals surface area contributed by atoms with Gasteiger partial charge in [0.25, 0.3) is 10.1 Å². The van der Waals surface area contributed by atoms with Crippen molar-refractivity contribution < 1.29 is 33.2 Å². The first-order chi connectivity index (χ1) is 13.1. The van der Waals surface area contributed by atoms with E-state index in [1.165, 1.54) is 30.3 Å². The van der Waals surface area contributed by atoms with Crippen molar-refractivity contribution in [2.24, 2.45) is 10.2 Å². The summed E-state index contributed by atoms with van der Waals surface area (Å²) in [6.45, 7) is 0. The van der Waals surface area contributed by atoms with Gasteiger partial charge in [-0.1, -0.05) is 12.1 Å². The summed E-state index contributed by atoms with van der Waals surface area (Å²) in [5.41, 5.74) is -1.73. The number of rotatable bonds is 4. The van der Waals surface area contributed by atoms with E-state index in [0.29, 0.717) is 17.5 Å². The van der Waals surface area contributed by atoms with Gasteiger partial charge < -0.3 is 15.3 Å². The number of hydrogen-bond acceptors (Lipinski definition) is 9. The maximum Gasteiger partial charge on any atom is 0.314 e. The highest BCUT2D eigenvalue weighted by atomic mass is 32.2. The fraction of sp³-hybridized carbons (Fsp3) is 0. The lowest BCUT2D eigenvalue weighted by atomic mass is 10.1. The summed E-state index contributed by atoms with van der Waals surface area (Å²) >= 11 is 0. The molecule has 0 bridgehead atoms. The highest BCUT2D eigenvalue weighted by molar-refractivity contribution is 7.85. The van der Waals surface area contributed by atoms with Gasteiger partial charge in [0, 0.05) is 16.8 Å². The highest BCUT2D eigenvalue weighted by Crippen LogP contribution is 2.42. The number of nitro groups is 1. The van der Waals surface area contributed by atoms with Crippen LogP contribution in [-0.4, -0.2) is 33.2 Å². The molecule has 3 aromatic rings. The minimum Gasteiger partial charge on any atom is -0.507 e. The van der Waals surface area contributed by atoms with Crippen molar-refractivity contribution in [2.75, 3.05) is 0 Å². The van der Waals surface area contributed by atoms with Crippen molar-refractivity contribution in [3.05, 3.63) is 52.6 Å². The van der Waals surface area contributed by atoms with E-state index < -0.39 is 37.1 Å². The van der Waals surface area contributed by atoms with E-state index in [4.69, 9.17) is 4.55 Å². The van der Waals surface area contributed by atoms with Crippen molar-refractivity contribution in [1.82, 2.24) is 0 Å². The van der Waals surface area contributed by atoms with Gasteiger partial charge in [0.2, 0.25) is 5.75 Å². The average Bonchev–Trinajstić information content (AvgIpc) is 2.61. The second-order valence-corrected chi connectivity index (χ2v) is 6.97. The van der Waals surface area contributed by atoms with Crippen LogP contribution in [0.15, 0.2) is 57.6 Å². The molecular weight excluding hydrogens is 394 g/mol. The second-order valence-electron chi connectivity index (χ2n) is 5.55. The zero-order chi connectivity index (χ0) is 20.6. The highest BCUT2D eigenvalue weighted by Gasteiger charge is 2.24. The van der Waals surface area contributed by atoms with Crippen molar-refractivity contribution in [3.63, 3.8) is 0 Å². The minimum absolute atomic E-state index is 0.0783. The van der Waals surface area contributed by atoms with Gasteiger partial charge in [-0.05, 0) is 24.3 Å². The third-order valence-electron chi connectivity index (χ3n) is 3.79. The summed E-state index contributed by atoms with van der Waals surface area (Å²) in [4.78, 5) is 9.07. The summed E-state index contributed by atoms with van der Waals surface area (Å²) < 4.78 is 31.7. The molecule has 0 radical (unpaired) electrons. The summed E-state index contributed by atoms with van der Waals surface area (Å²) in [5, 5.41) is 48.8. The Labute approximate surface area is 156 Å². The fourth-order valence-corrected chi connectivity index (χ4v) is 2.97. The summed E-state index contributed by atoms with van der Waals surface area (Å²) in [7, 11) is -4.82. The van der Waals surface area contributed by atoms with E-state index >= 15 is 0 Å². The Bertz CT molecular complexity index is 1250. The SMILES string of the molecule is O=[N+]([O-])c1cc(S(=O)(=O)O)cc(N=Nc2ccc3c(O)cccc3c2O)c1O. The largest absolute Gasteiger partial charge is 0.507 e. The van der Waals surface area contributed by atoms with Crippen LogP contribution in [0.4, 0.5) is 17.1 Å².